The van der Waals surface area contributed by atoms with Crippen LogP contribution in [0.4, 0.5) is 0 Å². The summed E-state index contributed by atoms with van der Waals surface area (Å²) in [7, 11) is 0. The van der Waals surface area contributed by atoms with E-state index in [4.69, 9.17) is 0 Å². The molecule has 0 fully saturated rings. The van der Waals surface area contributed by atoms with Gasteiger partial charge in [0.25, 0.3) is 0 Å². The quantitative estimate of drug-likeness (QED) is 0.247. The summed E-state index contributed by atoms with van der Waals surface area (Å²) in [5.74, 6) is 0. The summed E-state index contributed by atoms with van der Waals surface area (Å²) in [5.41, 5.74) is 5.14. The molecule has 171 valence electrons. The van der Waals surface area contributed by atoms with E-state index in [0.29, 0.717) is 0 Å². The minimum atomic E-state index is 0. The molecule has 3 radical (unpaired) electrons. The van der Waals surface area contributed by atoms with Crippen molar-refractivity contribution in [1.82, 2.24) is 0 Å². The standard InChI is InChI=1S/C19H14.3C2H6.2C2H5.3Y/c1-3-7-16(8-4-1)15-17-11-13-19(14-12-17)18-9-5-2-6-10-18;5*1-2;;;/h3-14H,15H2;3*1-2H3;2*1H2,2H3;;;/q-2;;;;2*-1;;;. The molecule has 0 amide bonds. The Labute approximate surface area is 277 Å². The minimum Gasteiger partial charge on any atom is -0.346 e. The van der Waals surface area contributed by atoms with E-state index in [-0.39, 0.29) is 98.1 Å². The van der Waals surface area contributed by atoms with Gasteiger partial charge in [0.1, 0.15) is 0 Å². The minimum absolute atomic E-state index is 0. The largest absolute Gasteiger partial charge is 0.346 e. The molecule has 32 heavy (non-hydrogen) atoms. The fourth-order valence-electron chi connectivity index (χ4n) is 2.17. The molecule has 0 heterocycles. The molecule has 0 aromatic heterocycles. The van der Waals surface area contributed by atoms with Crippen molar-refractivity contribution in [2.75, 3.05) is 0 Å². The first-order valence-electron chi connectivity index (χ1n) is 10.8. The average molecular weight is 657 g/mol. The van der Waals surface area contributed by atoms with Crippen molar-refractivity contribution in [3.63, 3.8) is 0 Å². The van der Waals surface area contributed by atoms with Gasteiger partial charge >= 0.3 is 0 Å². The molecule has 0 spiro atoms. The van der Waals surface area contributed by atoms with E-state index in [2.05, 4.69) is 74.5 Å². The van der Waals surface area contributed by atoms with E-state index < -0.39 is 0 Å². The number of rotatable bonds is 3. The van der Waals surface area contributed by atoms with Crippen LogP contribution in [0.1, 0.15) is 66.5 Å². The SMILES string of the molecule is CC.CC.CC.[CH2-]C.[CH2-]C.[Y].[Y].[Y].[c-]1ccc(Cc2ccc(-c3cc[c-]cc3)cc2)cc1. The molecule has 0 aliphatic rings. The van der Waals surface area contributed by atoms with Gasteiger partial charge in [-0.25, -0.2) is 0 Å². The first-order chi connectivity index (χ1) is 14.4. The third-order valence-electron chi connectivity index (χ3n) is 3.20. The van der Waals surface area contributed by atoms with Crippen LogP contribution >= 0.6 is 0 Å². The number of hydrogen-bond donors (Lipinski definition) is 0. The monoisotopic (exact) mass is 657 g/mol. The van der Waals surface area contributed by atoms with Crippen LogP contribution in [-0.4, -0.2) is 0 Å². The Hall–Kier alpha value is 0.972. The maximum absolute atomic E-state index is 3.25. The topological polar surface area (TPSA) is 0 Å². The molecule has 0 saturated heterocycles. The van der Waals surface area contributed by atoms with Crippen LogP contribution in [0.25, 0.3) is 11.1 Å². The molecule has 0 saturated carbocycles. The zero-order valence-corrected chi connectivity index (χ0v) is 30.3. The molecule has 0 nitrogen and oxygen atoms in total. The maximum atomic E-state index is 3.25. The second-order valence-corrected chi connectivity index (χ2v) is 4.57. The van der Waals surface area contributed by atoms with E-state index >= 15 is 0 Å². The Kier molecular flexibility index (Phi) is 56.7. The molecule has 3 aromatic rings. The predicted molar refractivity (Wildman–Crippen MR) is 135 cm³/mol. The molecule has 0 N–H and O–H groups in total. The number of hydrogen-bond acceptors (Lipinski definition) is 0. The van der Waals surface area contributed by atoms with Gasteiger partial charge in [0.05, 0.1) is 0 Å². The Morgan fingerprint density at radius 1 is 0.469 bits per heavy atom. The van der Waals surface area contributed by atoms with Crippen molar-refractivity contribution in [2.45, 2.75) is 61.8 Å². The predicted octanol–water partition coefficient (Wildman–Crippen LogP) is 9.30. The van der Waals surface area contributed by atoms with Gasteiger partial charge in [-0.1, -0.05) is 65.8 Å². The van der Waals surface area contributed by atoms with Crippen molar-refractivity contribution < 1.29 is 98.1 Å². The van der Waals surface area contributed by atoms with Crippen molar-refractivity contribution in [3.05, 3.63) is 110 Å². The van der Waals surface area contributed by atoms with Crippen LogP contribution in [0.5, 0.6) is 0 Å². The fraction of sp³-hybridized carbons (Fsp3) is 0.310. The molecule has 0 unspecified atom stereocenters. The smallest absolute Gasteiger partial charge is 0 e. The van der Waals surface area contributed by atoms with E-state index in [0.717, 1.165) is 6.42 Å². The molecule has 0 bridgehead atoms. The first-order valence-corrected chi connectivity index (χ1v) is 10.8. The molecule has 3 aromatic carbocycles. The van der Waals surface area contributed by atoms with Gasteiger partial charge in [0.15, 0.2) is 0 Å². The van der Waals surface area contributed by atoms with Crippen LogP contribution in [0.3, 0.4) is 0 Å². The maximum Gasteiger partial charge on any atom is 0 e. The van der Waals surface area contributed by atoms with Gasteiger partial charge < -0.3 is 13.8 Å². The van der Waals surface area contributed by atoms with Crippen LogP contribution in [-0.2, 0) is 105 Å². The van der Waals surface area contributed by atoms with Crippen LogP contribution in [0.2, 0.25) is 0 Å². The van der Waals surface area contributed by atoms with Gasteiger partial charge in [0.2, 0.25) is 0 Å². The van der Waals surface area contributed by atoms with Crippen molar-refractivity contribution >= 4 is 0 Å². The van der Waals surface area contributed by atoms with Crippen molar-refractivity contribution in [3.8, 4) is 11.1 Å². The van der Waals surface area contributed by atoms with Crippen molar-refractivity contribution in [1.29, 1.82) is 0 Å². The summed E-state index contributed by atoms with van der Waals surface area (Å²) < 4.78 is 0. The molecule has 3 rings (SSSR count). The average Bonchev–Trinajstić information content (AvgIpc) is 2.87. The van der Waals surface area contributed by atoms with E-state index in [1.165, 1.54) is 22.3 Å². The Bertz CT molecular complexity index is 636. The fourth-order valence-corrected chi connectivity index (χ4v) is 2.17. The first kappa shape index (κ1) is 46.3. The zero-order valence-electron chi connectivity index (χ0n) is 21.8. The summed E-state index contributed by atoms with van der Waals surface area (Å²) >= 11 is 0. The zero-order chi connectivity index (χ0) is 22.9. The second-order valence-electron chi connectivity index (χ2n) is 4.57. The molecule has 3 heteroatoms. The summed E-state index contributed by atoms with van der Waals surface area (Å²) in [6, 6.07) is 31.1. The van der Waals surface area contributed by atoms with Gasteiger partial charge in [-0.3, -0.25) is 0 Å². The Morgan fingerprint density at radius 3 is 1.12 bits per heavy atom. The summed E-state index contributed by atoms with van der Waals surface area (Å²) in [5, 5.41) is 0. The molecule has 0 atom stereocenters. The third kappa shape index (κ3) is 22.7. The Morgan fingerprint density at radius 2 is 0.750 bits per heavy atom. The molecule has 0 aliphatic heterocycles. The van der Waals surface area contributed by atoms with Crippen LogP contribution < -0.4 is 0 Å². The van der Waals surface area contributed by atoms with Crippen molar-refractivity contribution in [2.24, 2.45) is 0 Å². The summed E-state index contributed by atoms with van der Waals surface area (Å²) in [6.45, 7) is 22.0. The van der Waals surface area contributed by atoms with E-state index in [1.807, 2.05) is 65.8 Å². The van der Waals surface area contributed by atoms with Gasteiger partial charge in [-0.15, -0.1) is 5.56 Å². The van der Waals surface area contributed by atoms with Crippen LogP contribution in [0.15, 0.2) is 72.8 Å². The van der Waals surface area contributed by atoms with Crippen LogP contribution in [0, 0.1) is 26.0 Å². The van der Waals surface area contributed by atoms with Gasteiger partial charge in [-0.05, 0) is 17.5 Å². The molecular formula is C29H42Y3-4. The van der Waals surface area contributed by atoms with E-state index in [1.54, 1.807) is 13.8 Å². The van der Waals surface area contributed by atoms with Gasteiger partial charge in [0, 0.05) is 98.1 Å². The summed E-state index contributed by atoms with van der Waals surface area (Å²) in [4.78, 5) is 0. The normalized spacial score (nSPS) is 7.06. The molecular weight excluding hydrogens is 615 g/mol. The molecule has 0 aliphatic carbocycles. The number of benzene rings is 3. The van der Waals surface area contributed by atoms with Gasteiger partial charge in [-0.2, -0.15) is 80.1 Å². The second kappa shape index (κ2) is 39.2. The Balaban J connectivity index is -0.000000116. The summed E-state index contributed by atoms with van der Waals surface area (Å²) in [6.07, 6.45) is 0.970. The third-order valence-corrected chi connectivity index (χ3v) is 3.20. The van der Waals surface area contributed by atoms with E-state index in [9.17, 15) is 0 Å².